The summed E-state index contributed by atoms with van der Waals surface area (Å²) in [6.07, 6.45) is 3.55. The summed E-state index contributed by atoms with van der Waals surface area (Å²) in [7, 11) is 4.32. The Bertz CT molecular complexity index is 485. The number of guanidine groups is 1. The molecule has 0 aromatic heterocycles. The van der Waals surface area contributed by atoms with Crippen LogP contribution in [0.3, 0.4) is 0 Å². The lowest BCUT2D eigenvalue weighted by Gasteiger charge is -2.38. The molecule has 0 spiro atoms. The van der Waals surface area contributed by atoms with E-state index in [2.05, 4.69) is 41.0 Å². The van der Waals surface area contributed by atoms with Crippen molar-refractivity contribution in [2.24, 2.45) is 4.99 Å². The van der Waals surface area contributed by atoms with Crippen molar-refractivity contribution in [2.45, 2.75) is 37.8 Å². The normalized spacial score (nSPS) is 28.8. The Hall–Kier alpha value is -0.950. The molecule has 3 aliphatic rings. The minimum absolute atomic E-state index is 0.158. The Morgan fingerprint density at radius 3 is 2.75 bits per heavy atom. The predicted molar refractivity (Wildman–Crippen MR) is 101 cm³/mol. The number of nitrogens with zero attached hydrogens (tertiary/aromatic N) is 4. The summed E-state index contributed by atoms with van der Waals surface area (Å²) in [6, 6.07) is 0.520. The van der Waals surface area contributed by atoms with Crippen LogP contribution in [-0.2, 0) is 4.79 Å². The number of carbonyl (C=O) groups is 1. The van der Waals surface area contributed by atoms with Crippen LogP contribution in [0.1, 0.15) is 26.2 Å². The summed E-state index contributed by atoms with van der Waals surface area (Å²) < 4.78 is 0. The molecule has 1 atom stereocenters. The lowest BCUT2D eigenvalue weighted by molar-refractivity contribution is -0.135. The summed E-state index contributed by atoms with van der Waals surface area (Å²) in [4.78, 5) is 23.9. The number of thioether (sulfide) groups is 1. The highest BCUT2D eigenvalue weighted by Crippen LogP contribution is 2.32. The van der Waals surface area contributed by atoms with Gasteiger partial charge >= 0.3 is 0 Å². The van der Waals surface area contributed by atoms with Crippen molar-refractivity contribution in [1.82, 2.24) is 20.0 Å². The molecule has 6 nitrogen and oxygen atoms in total. The number of likely N-dealkylation sites (N-methyl/N-ethyl adjacent to an activating group) is 1. The van der Waals surface area contributed by atoms with E-state index in [1.54, 1.807) is 0 Å². The molecule has 1 unspecified atom stereocenters. The third-order valence-electron chi connectivity index (χ3n) is 5.43. The van der Waals surface area contributed by atoms with Gasteiger partial charge in [0.2, 0.25) is 5.91 Å². The molecule has 0 bridgehead atoms. The monoisotopic (exact) mass is 353 g/mol. The van der Waals surface area contributed by atoms with E-state index in [9.17, 15) is 4.79 Å². The predicted octanol–water partition coefficient (Wildman–Crippen LogP) is 0.696. The first-order valence-electron chi connectivity index (χ1n) is 9.13. The van der Waals surface area contributed by atoms with E-state index in [1.165, 1.54) is 25.0 Å². The zero-order valence-corrected chi connectivity index (χ0v) is 16.1. The summed E-state index contributed by atoms with van der Waals surface area (Å²) in [5.41, 5.74) is 0.158. The molecule has 3 fully saturated rings. The number of nitrogens with one attached hydrogen (secondary N) is 1. The highest BCUT2D eigenvalue weighted by Gasteiger charge is 2.38. The Morgan fingerprint density at radius 2 is 2.21 bits per heavy atom. The Labute approximate surface area is 150 Å². The van der Waals surface area contributed by atoms with Crippen LogP contribution < -0.4 is 5.32 Å². The number of carbonyl (C=O) groups excluding carboxylic acids is 1. The van der Waals surface area contributed by atoms with Crippen LogP contribution in [0.2, 0.25) is 0 Å². The number of aliphatic imine (C=N–C) groups is 1. The fourth-order valence-electron chi connectivity index (χ4n) is 3.50. The first kappa shape index (κ1) is 17.9. The molecule has 2 heterocycles. The molecule has 2 saturated heterocycles. The topological polar surface area (TPSA) is 51.2 Å². The van der Waals surface area contributed by atoms with E-state index in [0.29, 0.717) is 12.6 Å². The van der Waals surface area contributed by atoms with Crippen molar-refractivity contribution in [1.29, 1.82) is 0 Å². The minimum atomic E-state index is 0.158. The van der Waals surface area contributed by atoms with Crippen molar-refractivity contribution in [3.05, 3.63) is 0 Å². The molecule has 1 amide bonds. The first-order chi connectivity index (χ1) is 11.6. The molecule has 3 rings (SSSR count). The van der Waals surface area contributed by atoms with E-state index in [1.807, 2.05) is 11.8 Å². The summed E-state index contributed by atoms with van der Waals surface area (Å²) in [5, 5.41) is 3.39. The zero-order valence-electron chi connectivity index (χ0n) is 15.3. The van der Waals surface area contributed by atoms with Gasteiger partial charge in [-0.1, -0.05) is 0 Å². The number of rotatable bonds is 5. The number of piperazine rings is 1. The first-order valence-corrected chi connectivity index (χ1v) is 10.3. The molecule has 1 saturated carbocycles. The fraction of sp³-hybridized carbons (Fsp3) is 0.882. The van der Waals surface area contributed by atoms with Crippen LogP contribution in [0.15, 0.2) is 4.99 Å². The molecule has 1 N–H and O–H groups in total. The number of hydrogen-bond donors (Lipinski definition) is 1. The molecule has 7 heteroatoms. The molecule has 0 aromatic rings. The smallest absolute Gasteiger partial charge is 0.242 e. The maximum atomic E-state index is 12.4. The lowest BCUT2D eigenvalue weighted by atomic mass is 9.98. The van der Waals surface area contributed by atoms with E-state index in [4.69, 9.17) is 4.99 Å². The van der Waals surface area contributed by atoms with Crippen LogP contribution in [0.4, 0.5) is 0 Å². The van der Waals surface area contributed by atoms with Crippen molar-refractivity contribution in [3.63, 3.8) is 0 Å². The molecular formula is C17H31N5OS. The third kappa shape index (κ3) is 3.82. The molecular weight excluding hydrogens is 322 g/mol. The van der Waals surface area contributed by atoms with Crippen molar-refractivity contribution >= 4 is 23.6 Å². The number of amides is 1. The Balaban J connectivity index is 1.66. The second kappa shape index (κ2) is 7.52. The SMILES string of the molecule is CCNC(=NCC1(N(C)C)CCSC1)N1CCN(C2CC2)C(=O)C1. The van der Waals surface area contributed by atoms with Crippen molar-refractivity contribution in [2.75, 3.05) is 58.3 Å². The molecule has 2 aliphatic heterocycles. The van der Waals surface area contributed by atoms with Crippen LogP contribution in [0.5, 0.6) is 0 Å². The van der Waals surface area contributed by atoms with Gasteiger partial charge in [-0.2, -0.15) is 11.8 Å². The van der Waals surface area contributed by atoms with Gasteiger partial charge in [-0.05, 0) is 46.0 Å². The van der Waals surface area contributed by atoms with Gasteiger partial charge in [-0.25, -0.2) is 0 Å². The molecule has 24 heavy (non-hydrogen) atoms. The van der Waals surface area contributed by atoms with Crippen molar-refractivity contribution in [3.8, 4) is 0 Å². The molecule has 136 valence electrons. The minimum Gasteiger partial charge on any atom is -0.357 e. The highest BCUT2D eigenvalue weighted by molar-refractivity contribution is 7.99. The molecule has 0 aromatic carbocycles. The van der Waals surface area contributed by atoms with Gasteiger partial charge in [0.15, 0.2) is 5.96 Å². The zero-order chi connectivity index (χ0) is 17.2. The van der Waals surface area contributed by atoms with Gasteiger partial charge in [0.25, 0.3) is 0 Å². The van der Waals surface area contributed by atoms with Gasteiger partial charge in [0.1, 0.15) is 0 Å². The van der Waals surface area contributed by atoms with Gasteiger partial charge in [0, 0.05) is 37.0 Å². The van der Waals surface area contributed by atoms with E-state index >= 15 is 0 Å². The molecule has 0 radical (unpaired) electrons. The van der Waals surface area contributed by atoms with Gasteiger partial charge in [-0.15, -0.1) is 0 Å². The van der Waals surface area contributed by atoms with Gasteiger partial charge in [-0.3, -0.25) is 9.79 Å². The molecule has 1 aliphatic carbocycles. The standard InChI is InChI=1S/C17H31N5OS/c1-4-18-16(19-12-17(20(2)3)7-10-24-13-17)21-8-9-22(14-5-6-14)15(23)11-21/h14H,4-13H2,1-3H3,(H,18,19). The second-order valence-corrected chi connectivity index (χ2v) is 8.44. The van der Waals surface area contributed by atoms with Crippen molar-refractivity contribution < 1.29 is 4.79 Å². The van der Waals surface area contributed by atoms with Crippen LogP contribution in [0.25, 0.3) is 0 Å². The fourth-order valence-corrected chi connectivity index (χ4v) is 5.05. The van der Waals surface area contributed by atoms with Crippen LogP contribution >= 0.6 is 11.8 Å². The second-order valence-electron chi connectivity index (χ2n) is 7.33. The van der Waals surface area contributed by atoms with E-state index in [-0.39, 0.29) is 11.4 Å². The summed E-state index contributed by atoms with van der Waals surface area (Å²) in [6.45, 7) is 5.91. The average Bonchev–Trinajstić information content (AvgIpc) is 3.28. The average molecular weight is 354 g/mol. The summed E-state index contributed by atoms with van der Waals surface area (Å²) >= 11 is 2.02. The third-order valence-corrected chi connectivity index (χ3v) is 6.67. The largest absolute Gasteiger partial charge is 0.357 e. The maximum Gasteiger partial charge on any atom is 0.242 e. The number of hydrogen-bond acceptors (Lipinski definition) is 4. The van der Waals surface area contributed by atoms with Crippen LogP contribution in [0, 0.1) is 0 Å². The Morgan fingerprint density at radius 1 is 1.42 bits per heavy atom. The Kier molecular flexibility index (Phi) is 5.59. The lowest BCUT2D eigenvalue weighted by Crippen LogP contribution is -2.56. The van der Waals surface area contributed by atoms with E-state index < -0.39 is 0 Å². The van der Waals surface area contributed by atoms with Gasteiger partial charge < -0.3 is 20.0 Å². The summed E-state index contributed by atoms with van der Waals surface area (Å²) in [5.74, 6) is 3.51. The van der Waals surface area contributed by atoms with Gasteiger partial charge in [0.05, 0.1) is 13.1 Å². The quantitative estimate of drug-likeness (QED) is 0.582. The van der Waals surface area contributed by atoms with E-state index in [0.717, 1.165) is 37.9 Å². The highest BCUT2D eigenvalue weighted by atomic mass is 32.2. The van der Waals surface area contributed by atoms with Crippen LogP contribution in [-0.4, -0.2) is 96.5 Å². The maximum absolute atomic E-state index is 12.4.